The van der Waals surface area contributed by atoms with Crippen molar-refractivity contribution in [3.05, 3.63) is 12.7 Å². The Bertz CT molecular complexity index is 97.7. The van der Waals surface area contributed by atoms with E-state index in [9.17, 15) is 0 Å². The first-order valence-electron chi connectivity index (χ1n) is 2.31. The van der Waals surface area contributed by atoms with Gasteiger partial charge in [-0.2, -0.15) is 5.48 Å². The second kappa shape index (κ2) is 10.5. The fourth-order valence-electron chi connectivity index (χ4n) is 0.211. The van der Waals surface area contributed by atoms with Crippen molar-refractivity contribution in [1.29, 1.82) is 0 Å². The van der Waals surface area contributed by atoms with Gasteiger partial charge in [-0.3, -0.25) is 4.84 Å². The summed E-state index contributed by atoms with van der Waals surface area (Å²) in [4.78, 5) is 4.71. The quantitative estimate of drug-likeness (QED) is 0.274. The minimum atomic E-state index is 0. The highest BCUT2D eigenvalue weighted by Gasteiger charge is 1.74. The lowest BCUT2D eigenvalue weighted by atomic mass is 10.7. The summed E-state index contributed by atoms with van der Waals surface area (Å²) in [6.07, 6.45) is 6.53. The lowest BCUT2D eigenvalue weighted by molar-refractivity contribution is 0.0723. The molecule has 0 saturated carbocycles. The van der Waals surface area contributed by atoms with Crippen LogP contribution in [-0.4, -0.2) is 13.2 Å². The maximum atomic E-state index is 4.89. The van der Waals surface area contributed by atoms with E-state index in [1.54, 1.807) is 6.08 Å². The van der Waals surface area contributed by atoms with Gasteiger partial charge in [0.2, 0.25) is 0 Å². The Balaban J connectivity index is 0. The van der Waals surface area contributed by atoms with Crippen molar-refractivity contribution in [2.24, 2.45) is 0 Å². The summed E-state index contributed by atoms with van der Waals surface area (Å²) in [5, 5.41) is 0. The fraction of sp³-hybridized carbons (Fsp3) is 0.333. The third-order valence-corrected chi connectivity index (χ3v) is 0.477. The van der Waals surface area contributed by atoms with E-state index in [1.165, 1.54) is 0 Å². The molecule has 0 aromatic rings. The van der Waals surface area contributed by atoms with E-state index in [-0.39, 0.29) is 12.4 Å². The van der Waals surface area contributed by atoms with Crippen molar-refractivity contribution < 1.29 is 4.84 Å². The summed E-state index contributed by atoms with van der Waals surface area (Å²) >= 11 is 0. The number of hydrogen-bond acceptors (Lipinski definition) is 2. The molecule has 0 aliphatic heterocycles. The van der Waals surface area contributed by atoms with Gasteiger partial charge in [0.05, 0.1) is 13.2 Å². The first kappa shape index (κ1) is 11.3. The van der Waals surface area contributed by atoms with Crippen molar-refractivity contribution >= 4 is 12.4 Å². The van der Waals surface area contributed by atoms with Gasteiger partial charge in [0.15, 0.2) is 0 Å². The Morgan fingerprint density at radius 1 is 1.78 bits per heavy atom. The van der Waals surface area contributed by atoms with E-state index in [0.717, 1.165) is 0 Å². The molecule has 0 unspecified atom stereocenters. The maximum Gasteiger partial charge on any atom is 0.0861 e. The SMILES string of the molecule is C#CCNOCC=C.Cl. The van der Waals surface area contributed by atoms with Crippen LogP contribution in [0.1, 0.15) is 0 Å². The summed E-state index contributed by atoms with van der Waals surface area (Å²) in [6, 6.07) is 0. The third kappa shape index (κ3) is 11.2. The van der Waals surface area contributed by atoms with E-state index in [0.29, 0.717) is 13.2 Å². The summed E-state index contributed by atoms with van der Waals surface area (Å²) in [7, 11) is 0. The Hall–Kier alpha value is -0.490. The fourth-order valence-corrected chi connectivity index (χ4v) is 0.211. The number of halogens is 1. The van der Waals surface area contributed by atoms with Gasteiger partial charge in [-0.15, -0.1) is 25.4 Å². The molecule has 0 aliphatic rings. The minimum Gasteiger partial charge on any atom is -0.297 e. The van der Waals surface area contributed by atoms with Crippen molar-refractivity contribution in [3.63, 3.8) is 0 Å². The molecular weight excluding hydrogens is 138 g/mol. The van der Waals surface area contributed by atoms with Crippen molar-refractivity contribution in [2.75, 3.05) is 13.2 Å². The molecule has 0 spiro atoms. The highest BCUT2D eigenvalue weighted by atomic mass is 35.5. The van der Waals surface area contributed by atoms with Crippen LogP contribution >= 0.6 is 12.4 Å². The van der Waals surface area contributed by atoms with Gasteiger partial charge in [-0.1, -0.05) is 12.0 Å². The zero-order chi connectivity index (χ0) is 6.24. The molecule has 0 aromatic heterocycles. The van der Waals surface area contributed by atoms with Crippen LogP contribution in [0.15, 0.2) is 12.7 Å². The molecule has 9 heavy (non-hydrogen) atoms. The Kier molecular flexibility index (Phi) is 13.2. The predicted molar refractivity (Wildman–Crippen MR) is 40.2 cm³/mol. The number of hydroxylamine groups is 1. The Labute approximate surface area is 61.6 Å². The van der Waals surface area contributed by atoms with Crippen molar-refractivity contribution in [1.82, 2.24) is 5.48 Å². The molecule has 0 rings (SSSR count). The van der Waals surface area contributed by atoms with Crippen LogP contribution in [0, 0.1) is 12.3 Å². The monoisotopic (exact) mass is 147 g/mol. The molecule has 0 aromatic carbocycles. The zero-order valence-electron chi connectivity index (χ0n) is 5.09. The largest absolute Gasteiger partial charge is 0.297 e. The molecule has 0 bridgehead atoms. The van der Waals surface area contributed by atoms with E-state index in [2.05, 4.69) is 18.0 Å². The van der Waals surface area contributed by atoms with Crippen LogP contribution in [0.5, 0.6) is 0 Å². The molecule has 0 atom stereocenters. The predicted octanol–water partition coefficient (Wildman–Crippen LogP) is 0.749. The average Bonchev–Trinajstić information content (AvgIpc) is 1.81. The van der Waals surface area contributed by atoms with Gasteiger partial charge in [-0.25, -0.2) is 0 Å². The molecule has 0 heterocycles. The summed E-state index contributed by atoms with van der Waals surface area (Å²) < 4.78 is 0. The molecule has 0 fully saturated rings. The van der Waals surface area contributed by atoms with Crippen LogP contribution in [0.4, 0.5) is 0 Å². The number of hydrogen-bond donors (Lipinski definition) is 1. The minimum absolute atomic E-state index is 0. The second-order valence-corrected chi connectivity index (χ2v) is 1.12. The van der Waals surface area contributed by atoms with Crippen LogP contribution in [0.2, 0.25) is 0 Å². The summed E-state index contributed by atoms with van der Waals surface area (Å²) in [5.41, 5.74) is 2.53. The lowest BCUT2D eigenvalue weighted by Crippen LogP contribution is -2.14. The molecule has 2 nitrogen and oxygen atoms in total. The second-order valence-electron chi connectivity index (χ2n) is 1.12. The molecule has 0 saturated heterocycles. The summed E-state index contributed by atoms with van der Waals surface area (Å²) in [6.45, 7) is 4.37. The lowest BCUT2D eigenvalue weighted by Gasteiger charge is -1.95. The number of terminal acetylenes is 1. The molecule has 0 amide bonds. The van der Waals surface area contributed by atoms with Gasteiger partial charge in [0.25, 0.3) is 0 Å². The van der Waals surface area contributed by atoms with Gasteiger partial charge in [0, 0.05) is 0 Å². The van der Waals surface area contributed by atoms with Crippen molar-refractivity contribution in [3.8, 4) is 12.3 Å². The Morgan fingerprint density at radius 2 is 2.44 bits per heavy atom. The average molecular weight is 148 g/mol. The van der Waals surface area contributed by atoms with Crippen LogP contribution in [-0.2, 0) is 4.84 Å². The van der Waals surface area contributed by atoms with Crippen LogP contribution in [0.25, 0.3) is 0 Å². The van der Waals surface area contributed by atoms with E-state index >= 15 is 0 Å². The molecule has 0 radical (unpaired) electrons. The molecule has 52 valence electrons. The van der Waals surface area contributed by atoms with Gasteiger partial charge in [0.1, 0.15) is 0 Å². The topological polar surface area (TPSA) is 21.3 Å². The third-order valence-electron chi connectivity index (χ3n) is 0.477. The molecule has 3 heteroatoms. The maximum absolute atomic E-state index is 4.89. The standard InChI is InChI=1S/C6H9NO.ClH/c1-3-5-7-8-6-4-2;/h1,4,7H,2,5-6H2;1H. The zero-order valence-corrected chi connectivity index (χ0v) is 5.91. The van der Waals surface area contributed by atoms with E-state index < -0.39 is 0 Å². The Morgan fingerprint density at radius 3 is 2.89 bits per heavy atom. The molecule has 1 N–H and O–H groups in total. The first-order chi connectivity index (χ1) is 3.91. The van der Waals surface area contributed by atoms with Crippen molar-refractivity contribution in [2.45, 2.75) is 0 Å². The first-order valence-corrected chi connectivity index (χ1v) is 2.31. The number of rotatable bonds is 4. The van der Waals surface area contributed by atoms with Crippen LogP contribution < -0.4 is 5.48 Å². The smallest absolute Gasteiger partial charge is 0.0861 e. The number of nitrogens with one attached hydrogen (secondary N) is 1. The van der Waals surface area contributed by atoms with Gasteiger partial charge >= 0.3 is 0 Å². The molecular formula is C6H10ClNO. The highest BCUT2D eigenvalue weighted by molar-refractivity contribution is 5.85. The van der Waals surface area contributed by atoms with Gasteiger partial charge in [-0.05, 0) is 0 Å². The normalized spacial score (nSPS) is 7.00. The van der Waals surface area contributed by atoms with E-state index in [1.807, 2.05) is 0 Å². The summed E-state index contributed by atoms with van der Waals surface area (Å²) in [5.74, 6) is 2.36. The van der Waals surface area contributed by atoms with Gasteiger partial charge < -0.3 is 0 Å². The highest BCUT2D eigenvalue weighted by Crippen LogP contribution is 1.64. The molecule has 0 aliphatic carbocycles. The van der Waals surface area contributed by atoms with E-state index in [4.69, 9.17) is 11.3 Å². The van der Waals surface area contributed by atoms with Crippen LogP contribution in [0.3, 0.4) is 0 Å².